The molecule has 22 heavy (non-hydrogen) atoms. The van der Waals surface area contributed by atoms with Gasteiger partial charge in [-0.2, -0.15) is 0 Å². The van der Waals surface area contributed by atoms with Gasteiger partial charge in [0, 0.05) is 12.8 Å². The summed E-state index contributed by atoms with van der Waals surface area (Å²) in [6.45, 7) is 2.67. The van der Waals surface area contributed by atoms with E-state index in [4.69, 9.17) is 9.15 Å². The Hall–Kier alpha value is -2.21. The van der Waals surface area contributed by atoms with Crippen LogP contribution >= 0.6 is 11.8 Å². The molecular formula is C16H17N3O2S. The fourth-order valence-corrected chi connectivity index (χ4v) is 2.79. The summed E-state index contributed by atoms with van der Waals surface area (Å²) in [5.41, 5.74) is 1.20. The van der Waals surface area contributed by atoms with Gasteiger partial charge in [0.05, 0.1) is 12.9 Å². The lowest BCUT2D eigenvalue weighted by Gasteiger charge is -2.06. The van der Waals surface area contributed by atoms with Crippen molar-refractivity contribution in [2.24, 2.45) is 7.05 Å². The van der Waals surface area contributed by atoms with E-state index in [1.807, 2.05) is 41.9 Å². The lowest BCUT2D eigenvalue weighted by atomic mass is 10.2. The molecule has 0 fully saturated rings. The minimum absolute atomic E-state index is 0.622. The molecule has 0 aliphatic heterocycles. The lowest BCUT2D eigenvalue weighted by Crippen LogP contribution is -2.02. The van der Waals surface area contributed by atoms with E-state index in [1.165, 1.54) is 5.56 Å². The molecule has 0 bridgehead atoms. The molecule has 0 atom stereocenters. The second-order valence-electron chi connectivity index (χ2n) is 4.86. The van der Waals surface area contributed by atoms with Crippen molar-refractivity contribution in [2.75, 3.05) is 12.4 Å². The number of rotatable bonds is 6. The normalized spacial score (nSPS) is 10.8. The molecule has 0 saturated carbocycles. The Bertz CT molecular complexity index is 738. The van der Waals surface area contributed by atoms with Crippen molar-refractivity contribution in [3.63, 3.8) is 0 Å². The van der Waals surface area contributed by atoms with Crippen molar-refractivity contribution in [1.82, 2.24) is 14.8 Å². The molecule has 0 aliphatic rings. The minimum atomic E-state index is 0.622. The van der Waals surface area contributed by atoms with Crippen molar-refractivity contribution < 1.29 is 9.15 Å². The highest BCUT2D eigenvalue weighted by Crippen LogP contribution is 2.23. The maximum absolute atomic E-state index is 5.73. The van der Waals surface area contributed by atoms with Crippen LogP contribution in [0.1, 0.15) is 5.56 Å². The monoisotopic (exact) mass is 315 g/mol. The summed E-state index contributed by atoms with van der Waals surface area (Å²) in [7, 11) is 1.93. The van der Waals surface area contributed by atoms with Gasteiger partial charge >= 0.3 is 0 Å². The highest BCUT2D eigenvalue weighted by molar-refractivity contribution is 7.99. The Morgan fingerprint density at radius 2 is 2.14 bits per heavy atom. The molecule has 5 nitrogen and oxygen atoms in total. The van der Waals surface area contributed by atoms with Crippen LogP contribution in [0.5, 0.6) is 5.75 Å². The molecule has 0 N–H and O–H groups in total. The fraction of sp³-hybridized carbons (Fsp3) is 0.250. The number of ether oxygens (including phenoxy) is 1. The van der Waals surface area contributed by atoms with E-state index in [0.717, 1.165) is 28.2 Å². The topological polar surface area (TPSA) is 53.1 Å². The van der Waals surface area contributed by atoms with E-state index in [1.54, 1.807) is 18.0 Å². The average Bonchev–Trinajstić information content (AvgIpc) is 3.14. The minimum Gasteiger partial charge on any atom is -0.493 e. The van der Waals surface area contributed by atoms with Crippen molar-refractivity contribution in [3.05, 3.63) is 48.2 Å². The van der Waals surface area contributed by atoms with Crippen molar-refractivity contribution in [2.45, 2.75) is 12.1 Å². The standard InChI is InChI=1S/C16H17N3O2S/c1-12-5-3-6-13(11-12)20-9-10-22-16-18-17-15(19(16)2)14-7-4-8-21-14/h3-8,11H,9-10H2,1-2H3. The molecule has 3 rings (SSSR count). The summed E-state index contributed by atoms with van der Waals surface area (Å²) in [5.74, 6) is 3.15. The molecule has 3 aromatic rings. The van der Waals surface area contributed by atoms with Gasteiger partial charge in [-0.3, -0.25) is 0 Å². The second kappa shape index (κ2) is 6.70. The quantitative estimate of drug-likeness (QED) is 0.514. The first kappa shape index (κ1) is 14.7. The van der Waals surface area contributed by atoms with Gasteiger partial charge in [-0.05, 0) is 36.8 Å². The van der Waals surface area contributed by atoms with Gasteiger partial charge < -0.3 is 13.7 Å². The van der Waals surface area contributed by atoms with Gasteiger partial charge in [-0.15, -0.1) is 10.2 Å². The molecular weight excluding hydrogens is 298 g/mol. The first-order valence-electron chi connectivity index (χ1n) is 6.99. The van der Waals surface area contributed by atoms with E-state index < -0.39 is 0 Å². The van der Waals surface area contributed by atoms with Crippen LogP contribution in [0.25, 0.3) is 11.6 Å². The number of benzene rings is 1. The van der Waals surface area contributed by atoms with Crippen LogP contribution in [0.2, 0.25) is 0 Å². The molecule has 1 aromatic carbocycles. The van der Waals surface area contributed by atoms with E-state index >= 15 is 0 Å². The van der Waals surface area contributed by atoms with Crippen LogP contribution < -0.4 is 4.74 Å². The Labute approximate surface area is 133 Å². The van der Waals surface area contributed by atoms with Crippen LogP contribution in [-0.4, -0.2) is 27.1 Å². The van der Waals surface area contributed by atoms with Crippen LogP contribution in [0.15, 0.2) is 52.2 Å². The summed E-state index contributed by atoms with van der Waals surface area (Å²) in [4.78, 5) is 0. The predicted octanol–water partition coefficient (Wildman–Crippen LogP) is 3.55. The van der Waals surface area contributed by atoms with Crippen LogP contribution in [-0.2, 0) is 7.05 Å². The third kappa shape index (κ3) is 3.33. The SMILES string of the molecule is Cc1cccc(OCCSc2nnc(-c3ccco3)n2C)c1. The highest BCUT2D eigenvalue weighted by Gasteiger charge is 2.12. The Kier molecular flexibility index (Phi) is 4.48. The smallest absolute Gasteiger partial charge is 0.200 e. The molecule has 0 unspecified atom stereocenters. The van der Waals surface area contributed by atoms with E-state index in [2.05, 4.69) is 23.2 Å². The zero-order valence-electron chi connectivity index (χ0n) is 12.5. The number of hydrogen-bond donors (Lipinski definition) is 0. The van der Waals surface area contributed by atoms with Crippen LogP contribution in [0.4, 0.5) is 0 Å². The second-order valence-corrected chi connectivity index (χ2v) is 5.92. The predicted molar refractivity (Wildman–Crippen MR) is 86.1 cm³/mol. The summed E-state index contributed by atoms with van der Waals surface area (Å²) in [5, 5.41) is 9.20. The zero-order valence-corrected chi connectivity index (χ0v) is 13.3. The molecule has 0 saturated heterocycles. The van der Waals surface area contributed by atoms with Crippen molar-refractivity contribution in [1.29, 1.82) is 0 Å². The van der Waals surface area contributed by atoms with Crippen molar-refractivity contribution in [3.8, 4) is 17.3 Å². The molecule has 2 aromatic heterocycles. The zero-order chi connectivity index (χ0) is 15.4. The molecule has 2 heterocycles. The Balaban J connectivity index is 1.54. The summed E-state index contributed by atoms with van der Waals surface area (Å²) >= 11 is 1.61. The Morgan fingerprint density at radius 3 is 2.91 bits per heavy atom. The van der Waals surface area contributed by atoms with Gasteiger partial charge in [0.25, 0.3) is 0 Å². The van der Waals surface area contributed by atoms with Gasteiger partial charge in [0.15, 0.2) is 16.7 Å². The summed E-state index contributed by atoms with van der Waals surface area (Å²) < 4.78 is 13.0. The van der Waals surface area contributed by atoms with E-state index in [-0.39, 0.29) is 0 Å². The van der Waals surface area contributed by atoms with E-state index in [0.29, 0.717) is 6.61 Å². The van der Waals surface area contributed by atoms with Crippen LogP contribution in [0, 0.1) is 6.92 Å². The Morgan fingerprint density at radius 1 is 1.23 bits per heavy atom. The first-order chi connectivity index (χ1) is 10.7. The van der Waals surface area contributed by atoms with Gasteiger partial charge in [-0.25, -0.2) is 0 Å². The van der Waals surface area contributed by atoms with Gasteiger partial charge in [0.1, 0.15) is 5.75 Å². The number of aryl methyl sites for hydroxylation is 1. The molecule has 0 aliphatic carbocycles. The van der Waals surface area contributed by atoms with Crippen molar-refractivity contribution >= 4 is 11.8 Å². The van der Waals surface area contributed by atoms with Gasteiger partial charge in [0.2, 0.25) is 0 Å². The number of furan rings is 1. The summed E-state index contributed by atoms with van der Waals surface area (Å²) in [6, 6.07) is 11.8. The fourth-order valence-electron chi connectivity index (χ4n) is 2.06. The molecule has 0 radical (unpaired) electrons. The molecule has 114 valence electrons. The third-order valence-corrected chi connectivity index (χ3v) is 4.13. The maximum atomic E-state index is 5.73. The number of thioether (sulfide) groups is 1. The number of hydrogen-bond acceptors (Lipinski definition) is 5. The third-order valence-electron chi connectivity index (χ3n) is 3.15. The lowest BCUT2D eigenvalue weighted by molar-refractivity contribution is 0.343. The maximum Gasteiger partial charge on any atom is 0.200 e. The largest absolute Gasteiger partial charge is 0.493 e. The first-order valence-corrected chi connectivity index (χ1v) is 7.98. The highest BCUT2D eigenvalue weighted by atomic mass is 32.2. The number of nitrogens with zero attached hydrogens (tertiary/aromatic N) is 3. The average molecular weight is 315 g/mol. The molecule has 0 amide bonds. The van der Waals surface area contributed by atoms with Gasteiger partial charge in [-0.1, -0.05) is 23.9 Å². The number of aromatic nitrogens is 3. The molecule has 6 heteroatoms. The molecule has 0 spiro atoms. The van der Waals surface area contributed by atoms with E-state index in [9.17, 15) is 0 Å². The van der Waals surface area contributed by atoms with Crippen LogP contribution in [0.3, 0.4) is 0 Å². The summed E-state index contributed by atoms with van der Waals surface area (Å²) in [6.07, 6.45) is 1.63.